The first-order valence-corrected chi connectivity index (χ1v) is 0. The largest absolute Gasteiger partial charge is 0.412 e. The van der Waals surface area contributed by atoms with Crippen molar-refractivity contribution in [2.45, 2.75) is 0 Å². The summed E-state index contributed by atoms with van der Waals surface area (Å²) >= 11 is 0. The van der Waals surface area contributed by atoms with E-state index in [1.54, 1.807) is 0 Å². The molecule has 0 amide bonds. The molecule has 0 rings (SSSR count). The Kier molecular flexibility index (Phi) is 2340. The van der Waals surface area contributed by atoms with Crippen LogP contribution in [0.5, 0.6) is 0 Å². The van der Waals surface area contributed by atoms with Gasteiger partial charge in [-0.15, -0.1) is 0 Å². The van der Waals surface area contributed by atoms with Crippen molar-refractivity contribution >= 4 is 0 Å². The Morgan fingerprint density at radius 3 is 0.500 bits per heavy atom. The zero-order valence-electron chi connectivity index (χ0n) is 2.54. The van der Waals surface area contributed by atoms with E-state index in [9.17, 15) is 0 Å². The van der Waals surface area contributed by atoms with Crippen LogP contribution >= 0.6 is 0 Å². The van der Waals surface area contributed by atoms with Crippen LogP contribution in [-0.4, -0.2) is 16.4 Å². The van der Waals surface area contributed by atoms with Crippen LogP contribution in [0.3, 0.4) is 0 Å². The number of hydrogen-bond donors (Lipinski definition) is 0. The molecule has 0 bridgehead atoms. The quantitative estimate of drug-likeness (QED) is 0.408. The molecule has 6 heteroatoms. The van der Waals surface area contributed by atoms with Crippen molar-refractivity contribution in [1.82, 2.24) is 0 Å². The van der Waals surface area contributed by atoms with Crippen molar-refractivity contribution in [2.75, 3.05) is 0 Å². The average Bonchev–Trinajstić information content (AvgIpc) is 0. The Labute approximate surface area is 67.3 Å². The molecule has 1 radical (unpaired) electrons. The summed E-state index contributed by atoms with van der Waals surface area (Å²) in [5.41, 5.74) is 0. The smallest absolute Gasteiger partial charge is 0 e. The molecule has 0 aliphatic heterocycles. The summed E-state index contributed by atoms with van der Waals surface area (Å²) in [7, 11) is 0. The zero-order chi connectivity index (χ0) is 0. The maximum atomic E-state index is 0. The van der Waals surface area contributed by atoms with Gasteiger partial charge in [0.2, 0.25) is 0 Å². The minimum absolute atomic E-state index is 0. The van der Waals surface area contributed by atoms with Gasteiger partial charge < -0.3 is 16.4 Å². The molecule has 49 valence electrons. The normalized spacial score (nSPS) is 0. The predicted molar refractivity (Wildman–Crippen MR) is 10.8 cm³/mol. The third kappa shape index (κ3) is 52.3. The summed E-state index contributed by atoms with van der Waals surface area (Å²) in [6.07, 6.45) is 0. The predicted octanol–water partition coefficient (Wildman–Crippen LogP) is -2.48. The van der Waals surface area contributed by atoms with Crippen molar-refractivity contribution in [3.05, 3.63) is 0 Å². The molecule has 0 heterocycles. The molecule has 0 saturated heterocycles. The monoisotopic (exact) mass is 225 g/mol. The molecular weight excluding hydrogens is 219 g/mol. The van der Waals surface area contributed by atoms with E-state index in [2.05, 4.69) is 0 Å². The SMILES string of the molecule is O.O.O.[Co].[Fe].[Fe]. The zero-order valence-corrected chi connectivity index (χ0v) is 5.79. The first kappa shape index (κ1) is 151. The fourth-order valence-electron chi connectivity index (χ4n) is 0. The Morgan fingerprint density at radius 1 is 0.500 bits per heavy atom. The van der Waals surface area contributed by atoms with Crippen molar-refractivity contribution in [3.8, 4) is 0 Å². The van der Waals surface area contributed by atoms with Gasteiger partial charge in [-0.25, -0.2) is 0 Å². The molecule has 0 saturated carbocycles. The van der Waals surface area contributed by atoms with Crippen LogP contribution in [0, 0.1) is 0 Å². The first-order valence-electron chi connectivity index (χ1n) is 0. The van der Waals surface area contributed by atoms with Gasteiger partial charge in [0.25, 0.3) is 0 Å². The Bertz CT molecular complexity index is 8.75. The van der Waals surface area contributed by atoms with Crippen molar-refractivity contribution in [3.63, 3.8) is 0 Å². The molecule has 0 aromatic rings. The molecule has 0 aliphatic rings. The Morgan fingerprint density at radius 2 is 0.500 bits per heavy atom. The molecule has 6 N–H and O–H groups in total. The topological polar surface area (TPSA) is 94.5 Å². The van der Waals surface area contributed by atoms with Crippen LogP contribution in [0.2, 0.25) is 0 Å². The van der Waals surface area contributed by atoms with Gasteiger partial charge in [-0.05, 0) is 0 Å². The van der Waals surface area contributed by atoms with E-state index in [-0.39, 0.29) is 67.3 Å². The third-order valence-corrected chi connectivity index (χ3v) is 0. The fourth-order valence-corrected chi connectivity index (χ4v) is 0. The molecule has 0 spiro atoms. The van der Waals surface area contributed by atoms with Crippen LogP contribution in [0.1, 0.15) is 0 Å². The third-order valence-electron chi connectivity index (χ3n) is 0. The minimum Gasteiger partial charge on any atom is -0.412 e. The van der Waals surface area contributed by atoms with E-state index in [1.807, 2.05) is 0 Å². The molecule has 0 fully saturated rings. The van der Waals surface area contributed by atoms with Crippen LogP contribution < -0.4 is 0 Å². The van der Waals surface area contributed by atoms with Gasteiger partial charge in [-0.3, -0.25) is 0 Å². The van der Waals surface area contributed by atoms with Gasteiger partial charge in [0, 0.05) is 50.9 Å². The molecule has 0 aliphatic carbocycles. The van der Waals surface area contributed by atoms with Gasteiger partial charge in [0.15, 0.2) is 0 Å². The molecule has 0 atom stereocenters. The van der Waals surface area contributed by atoms with Gasteiger partial charge in [-0.2, -0.15) is 0 Å². The van der Waals surface area contributed by atoms with Gasteiger partial charge >= 0.3 is 0 Å². The van der Waals surface area contributed by atoms with E-state index < -0.39 is 0 Å². The van der Waals surface area contributed by atoms with Crippen LogP contribution in [0.15, 0.2) is 0 Å². The fraction of sp³-hybridized carbons (Fsp3) is 0. The second-order valence-electron chi connectivity index (χ2n) is 0. The van der Waals surface area contributed by atoms with Crippen LogP contribution in [0.25, 0.3) is 0 Å². The Balaban J connectivity index is 0. The number of rotatable bonds is 0. The first-order chi connectivity index (χ1) is 0. The van der Waals surface area contributed by atoms with E-state index >= 15 is 0 Å². The second-order valence-corrected chi connectivity index (χ2v) is 0. The summed E-state index contributed by atoms with van der Waals surface area (Å²) in [5.74, 6) is 0. The molecule has 3 nitrogen and oxygen atoms in total. The summed E-state index contributed by atoms with van der Waals surface area (Å²) in [6.45, 7) is 0. The van der Waals surface area contributed by atoms with E-state index in [0.717, 1.165) is 0 Å². The summed E-state index contributed by atoms with van der Waals surface area (Å²) in [6, 6.07) is 0. The maximum Gasteiger partial charge on any atom is 0 e. The van der Waals surface area contributed by atoms with Gasteiger partial charge in [0.1, 0.15) is 0 Å². The molecule has 0 aromatic carbocycles. The van der Waals surface area contributed by atoms with E-state index in [1.165, 1.54) is 0 Å². The molecular formula is H6CoFe2O3. The van der Waals surface area contributed by atoms with Crippen molar-refractivity contribution in [1.29, 1.82) is 0 Å². The Hall–Kier alpha value is 1.43. The standard InChI is InChI=1S/Co.2Fe.3H2O/h;;;3*1H2. The average molecular weight is 225 g/mol. The summed E-state index contributed by atoms with van der Waals surface area (Å²) in [4.78, 5) is 0. The molecule has 0 unspecified atom stereocenters. The maximum absolute atomic E-state index is 0. The van der Waals surface area contributed by atoms with E-state index in [4.69, 9.17) is 0 Å². The van der Waals surface area contributed by atoms with Crippen LogP contribution in [-0.2, 0) is 50.9 Å². The minimum atomic E-state index is 0. The van der Waals surface area contributed by atoms with Crippen LogP contribution in [0.4, 0.5) is 0 Å². The number of hydrogen-bond acceptors (Lipinski definition) is 0. The summed E-state index contributed by atoms with van der Waals surface area (Å²) < 4.78 is 0. The molecule has 0 aromatic heterocycles. The van der Waals surface area contributed by atoms with E-state index in [0.29, 0.717) is 0 Å². The van der Waals surface area contributed by atoms with Gasteiger partial charge in [0.05, 0.1) is 0 Å². The van der Waals surface area contributed by atoms with Crippen molar-refractivity contribution in [2.24, 2.45) is 0 Å². The van der Waals surface area contributed by atoms with Crippen molar-refractivity contribution < 1.29 is 67.3 Å². The second kappa shape index (κ2) is 93.1. The summed E-state index contributed by atoms with van der Waals surface area (Å²) in [5, 5.41) is 0. The molecule has 6 heavy (non-hydrogen) atoms. The van der Waals surface area contributed by atoms with Gasteiger partial charge in [-0.1, -0.05) is 0 Å².